The van der Waals surface area contributed by atoms with Crippen LogP contribution in [0.1, 0.15) is 43.3 Å². The molecule has 0 radical (unpaired) electrons. The number of rotatable bonds is 6. The lowest BCUT2D eigenvalue weighted by molar-refractivity contribution is 0.0995. The van der Waals surface area contributed by atoms with Gasteiger partial charge < -0.3 is 14.5 Å². The van der Waals surface area contributed by atoms with E-state index in [1.807, 2.05) is 24.3 Å². The highest BCUT2D eigenvalue weighted by Crippen LogP contribution is 2.30. The molecular weight excluding hydrogens is 406 g/mol. The summed E-state index contributed by atoms with van der Waals surface area (Å²) in [6, 6.07) is 18.7. The van der Waals surface area contributed by atoms with Crippen LogP contribution in [-0.4, -0.2) is 5.91 Å². The summed E-state index contributed by atoms with van der Waals surface area (Å²) in [4.78, 5) is 12.1. The maximum atomic E-state index is 12.1. The third-order valence-electron chi connectivity index (χ3n) is 4.66. The third-order valence-corrected chi connectivity index (χ3v) is 5.09. The summed E-state index contributed by atoms with van der Waals surface area (Å²) < 4.78 is 11.7. The van der Waals surface area contributed by atoms with Crippen molar-refractivity contribution in [2.45, 2.75) is 32.6 Å². The zero-order valence-electron chi connectivity index (χ0n) is 15.6. The summed E-state index contributed by atoms with van der Waals surface area (Å²) in [6.45, 7) is 6.66. The van der Waals surface area contributed by atoms with Gasteiger partial charge in [-0.25, -0.2) is 0 Å². The minimum Gasteiger partial charge on any atom is -0.457 e. The van der Waals surface area contributed by atoms with Crippen LogP contribution in [-0.2, 0) is 5.41 Å². The van der Waals surface area contributed by atoms with Gasteiger partial charge in [0.1, 0.15) is 11.5 Å². The molecule has 0 fully saturated rings. The Kier molecular flexibility index (Phi) is 5.71. The van der Waals surface area contributed by atoms with Gasteiger partial charge >= 0.3 is 0 Å². The highest BCUT2D eigenvalue weighted by Gasteiger charge is 2.17. The average molecular weight is 428 g/mol. The fourth-order valence-corrected chi connectivity index (χ4v) is 2.86. The lowest BCUT2D eigenvalue weighted by Gasteiger charge is -2.23. The molecule has 4 nitrogen and oxygen atoms in total. The van der Waals surface area contributed by atoms with Gasteiger partial charge in [0.15, 0.2) is 10.4 Å². The van der Waals surface area contributed by atoms with Gasteiger partial charge in [-0.1, -0.05) is 32.9 Å². The van der Waals surface area contributed by atoms with Gasteiger partial charge in [-0.3, -0.25) is 4.79 Å². The number of anilines is 1. The zero-order chi connectivity index (χ0) is 19.4. The molecule has 3 rings (SSSR count). The zero-order valence-corrected chi connectivity index (χ0v) is 17.2. The number of nitrogens with one attached hydrogen (secondary N) is 1. The van der Waals surface area contributed by atoms with E-state index in [0.29, 0.717) is 16.1 Å². The van der Waals surface area contributed by atoms with E-state index in [0.717, 1.165) is 12.2 Å². The molecule has 0 aliphatic carbocycles. The molecule has 2 aromatic carbocycles. The molecule has 0 bridgehead atoms. The molecule has 0 aliphatic heterocycles. The van der Waals surface area contributed by atoms with Gasteiger partial charge in [-0.2, -0.15) is 0 Å². The van der Waals surface area contributed by atoms with E-state index in [-0.39, 0.29) is 17.1 Å². The number of carbonyl (C=O) groups is 1. The molecule has 0 spiro atoms. The number of halogens is 1. The number of amides is 1. The lowest BCUT2D eigenvalue weighted by Crippen LogP contribution is -2.14. The summed E-state index contributed by atoms with van der Waals surface area (Å²) in [5.41, 5.74) is 2.11. The van der Waals surface area contributed by atoms with E-state index in [1.54, 1.807) is 24.3 Å². The summed E-state index contributed by atoms with van der Waals surface area (Å²) in [6.07, 6.45) is 1.08. The lowest BCUT2D eigenvalue weighted by atomic mass is 9.82. The van der Waals surface area contributed by atoms with Crippen molar-refractivity contribution in [2.24, 2.45) is 0 Å². The molecule has 5 heteroatoms. The molecule has 1 N–H and O–H groups in total. The van der Waals surface area contributed by atoms with E-state index < -0.39 is 0 Å². The number of hydrogen-bond acceptors (Lipinski definition) is 3. The van der Waals surface area contributed by atoms with Crippen molar-refractivity contribution in [3.63, 3.8) is 0 Å². The quantitative estimate of drug-likeness (QED) is 0.471. The number of ether oxygens (including phenoxy) is 1. The van der Waals surface area contributed by atoms with Gasteiger partial charge in [-0.05, 0) is 81.9 Å². The van der Waals surface area contributed by atoms with Crippen LogP contribution in [0.15, 0.2) is 69.8 Å². The van der Waals surface area contributed by atoms with E-state index in [4.69, 9.17) is 9.15 Å². The topological polar surface area (TPSA) is 51.5 Å². The molecule has 140 valence electrons. The van der Waals surface area contributed by atoms with E-state index in [1.165, 1.54) is 5.56 Å². The second kappa shape index (κ2) is 8.01. The van der Waals surface area contributed by atoms with E-state index in [2.05, 4.69) is 54.2 Å². The van der Waals surface area contributed by atoms with Gasteiger partial charge in [0, 0.05) is 5.69 Å². The SMILES string of the molecule is CCC(C)(C)c1ccc(Oc2ccc(NC(=O)c3ccc(Br)o3)cc2)cc1. The highest BCUT2D eigenvalue weighted by atomic mass is 79.9. The first-order valence-corrected chi connectivity index (χ1v) is 9.62. The molecule has 1 aromatic heterocycles. The first-order chi connectivity index (χ1) is 12.9. The molecule has 27 heavy (non-hydrogen) atoms. The Hall–Kier alpha value is -2.53. The van der Waals surface area contributed by atoms with Crippen LogP contribution >= 0.6 is 15.9 Å². The van der Waals surface area contributed by atoms with Gasteiger partial charge in [0.2, 0.25) is 0 Å². The van der Waals surface area contributed by atoms with Crippen molar-refractivity contribution in [3.05, 3.63) is 76.7 Å². The monoisotopic (exact) mass is 427 g/mol. The average Bonchev–Trinajstić information content (AvgIpc) is 3.10. The predicted octanol–water partition coefficient (Wildman–Crippen LogP) is 6.77. The van der Waals surface area contributed by atoms with Crippen LogP contribution in [0.5, 0.6) is 11.5 Å². The molecule has 0 unspecified atom stereocenters. The Labute approximate surface area is 167 Å². The van der Waals surface area contributed by atoms with Crippen LogP contribution < -0.4 is 10.1 Å². The van der Waals surface area contributed by atoms with Crippen molar-refractivity contribution in [3.8, 4) is 11.5 Å². The second-order valence-corrected chi connectivity index (χ2v) is 7.73. The van der Waals surface area contributed by atoms with Crippen molar-refractivity contribution < 1.29 is 13.9 Å². The van der Waals surface area contributed by atoms with Crippen molar-refractivity contribution in [1.29, 1.82) is 0 Å². The summed E-state index contributed by atoms with van der Waals surface area (Å²) >= 11 is 3.18. The maximum absolute atomic E-state index is 12.1. The van der Waals surface area contributed by atoms with Gasteiger partial charge in [0.05, 0.1) is 0 Å². The molecular formula is C22H22BrNO3. The van der Waals surface area contributed by atoms with Crippen LogP contribution in [0.3, 0.4) is 0 Å². The van der Waals surface area contributed by atoms with Crippen molar-refractivity contribution in [1.82, 2.24) is 0 Å². The fourth-order valence-electron chi connectivity index (χ4n) is 2.55. The van der Waals surface area contributed by atoms with Crippen LogP contribution in [0.25, 0.3) is 0 Å². The smallest absolute Gasteiger partial charge is 0.291 e. The molecule has 0 atom stereocenters. The normalized spacial score (nSPS) is 11.3. The van der Waals surface area contributed by atoms with Gasteiger partial charge in [-0.15, -0.1) is 0 Å². The number of carbonyl (C=O) groups excluding carboxylic acids is 1. The Morgan fingerprint density at radius 1 is 1.00 bits per heavy atom. The Morgan fingerprint density at radius 3 is 2.11 bits per heavy atom. The van der Waals surface area contributed by atoms with E-state index >= 15 is 0 Å². The first kappa shape index (κ1) is 19.2. The van der Waals surface area contributed by atoms with Crippen LogP contribution in [0, 0.1) is 0 Å². The summed E-state index contributed by atoms with van der Waals surface area (Å²) in [5, 5.41) is 2.78. The molecule has 0 aliphatic rings. The van der Waals surface area contributed by atoms with Gasteiger partial charge in [0.25, 0.3) is 5.91 Å². The molecule has 1 amide bonds. The Bertz CT molecular complexity index is 911. The van der Waals surface area contributed by atoms with E-state index in [9.17, 15) is 4.79 Å². The number of hydrogen-bond donors (Lipinski definition) is 1. The fraction of sp³-hybridized carbons (Fsp3) is 0.227. The minimum absolute atomic E-state index is 0.155. The maximum Gasteiger partial charge on any atom is 0.291 e. The predicted molar refractivity (Wildman–Crippen MR) is 111 cm³/mol. The Balaban J connectivity index is 1.63. The second-order valence-electron chi connectivity index (χ2n) is 6.95. The summed E-state index contributed by atoms with van der Waals surface area (Å²) in [7, 11) is 0. The largest absolute Gasteiger partial charge is 0.457 e. The van der Waals surface area contributed by atoms with Crippen LogP contribution in [0.2, 0.25) is 0 Å². The molecule has 0 saturated heterocycles. The first-order valence-electron chi connectivity index (χ1n) is 8.82. The highest BCUT2D eigenvalue weighted by molar-refractivity contribution is 9.10. The number of benzene rings is 2. The standard InChI is InChI=1S/C22H22BrNO3/c1-4-22(2,3)15-5-9-17(10-6-15)26-18-11-7-16(8-12-18)24-21(25)19-13-14-20(23)27-19/h5-14H,4H2,1-3H3,(H,24,25). The van der Waals surface area contributed by atoms with Crippen LogP contribution in [0.4, 0.5) is 5.69 Å². The Morgan fingerprint density at radius 2 is 1.59 bits per heavy atom. The molecule has 3 aromatic rings. The minimum atomic E-state index is -0.302. The third kappa shape index (κ3) is 4.80. The molecule has 1 heterocycles. The summed E-state index contributed by atoms with van der Waals surface area (Å²) in [5.74, 6) is 1.43. The number of furan rings is 1. The molecule has 0 saturated carbocycles. The van der Waals surface area contributed by atoms with Crippen molar-refractivity contribution in [2.75, 3.05) is 5.32 Å². The van der Waals surface area contributed by atoms with Crippen molar-refractivity contribution >= 4 is 27.5 Å².